The van der Waals surface area contributed by atoms with Gasteiger partial charge in [-0.05, 0) is 31.4 Å². The Kier molecular flexibility index (Phi) is 11.4. The van der Waals surface area contributed by atoms with Crippen molar-refractivity contribution in [3.63, 3.8) is 0 Å². The first-order valence-electron chi connectivity index (χ1n) is 11.3. The molecular formula is C24H31NO6S2. The van der Waals surface area contributed by atoms with Crippen LogP contribution < -0.4 is 4.74 Å². The lowest BCUT2D eigenvalue weighted by molar-refractivity contribution is -0.145. The Labute approximate surface area is 204 Å². The van der Waals surface area contributed by atoms with Gasteiger partial charge >= 0.3 is 11.9 Å². The summed E-state index contributed by atoms with van der Waals surface area (Å²) in [4.78, 5) is 36.8. The van der Waals surface area contributed by atoms with Crippen molar-refractivity contribution in [3.8, 4) is 5.75 Å². The maximum atomic E-state index is 12.9. The number of carbonyl (C=O) groups is 3. The fraction of sp³-hybridized carbons (Fsp3) is 0.500. The van der Waals surface area contributed by atoms with Gasteiger partial charge in [0.25, 0.3) is 5.91 Å². The van der Waals surface area contributed by atoms with Crippen LogP contribution in [0.1, 0.15) is 70.3 Å². The van der Waals surface area contributed by atoms with Crippen LogP contribution in [0.15, 0.2) is 29.2 Å². The fourth-order valence-corrected chi connectivity index (χ4v) is 4.73. The molecule has 1 saturated heterocycles. The maximum Gasteiger partial charge on any atom is 0.344 e. The molecule has 0 saturated carbocycles. The van der Waals surface area contributed by atoms with E-state index in [0.29, 0.717) is 33.5 Å². The lowest BCUT2D eigenvalue weighted by atomic mass is 10.1. The van der Waals surface area contributed by atoms with Crippen molar-refractivity contribution in [1.82, 2.24) is 4.90 Å². The Morgan fingerprint density at radius 3 is 2.36 bits per heavy atom. The van der Waals surface area contributed by atoms with Crippen molar-refractivity contribution in [1.29, 1.82) is 0 Å². The van der Waals surface area contributed by atoms with E-state index < -0.39 is 18.0 Å². The van der Waals surface area contributed by atoms with E-state index in [2.05, 4.69) is 0 Å². The topological polar surface area (TPSA) is 104 Å². The molecule has 0 aliphatic carbocycles. The summed E-state index contributed by atoms with van der Waals surface area (Å²) in [6.07, 6.45) is 7.94. The third kappa shape index (κ3) is 8.81. The molecule has 1 unspecified atom stereocenters. The Morgan fingerprint density at radius 1 is 1.09 bits per heavy atom. The molecule has 1 aromatic rings. The second kappa shape index (κ2) is 14.0. The van der Waals surface area contributed by atoms with Gasteiger partial charge in [0, 0.05) is 18.5 Å². The highest BCUT2D eigenvalue weighted by Crippen LogP contribution is 2.34. The van der Waals surface area contributed by atoms with E-state index in [4.69, 9.17) is 22.1 Å². The molecule has 1 amide bonds. The highest BCUT2D eigenvalue weighted by molar-refractivity contribution is 8.26. The highest BCUT2D eigenvalue weighted by Gasteiger charge is 2.31. The summed E-state index contributed by atoms with van der Waals surface area (Å²) in [6.45, 7) is 2.31. The average Bonchev–Trinajstić information content (AvgIpc) is 3.04. The van der Waals surface area contributed by atoms with Crippen molar-refractivity contribution < 1.29 is 29.3 Å². The standard InChI is InChI=1S/C24H31NO6S2/c1-2-18(23(29)30)31-19-13-10-9-12-17(19)16-20-22(28)25(24(32)33-20)15-11-7-5-3-4-6-8-14-21(26)27/h9-10,12-13,16,18H,2-8,11,14-15H2,1H3,(H,26,27)(H,29,30)/b20-16-. The van der Waals surface area contributed by atoms with Crippen LogP contribution in [0.4, 0.5) is 0 Å². The number of unbranched alkanes of at least 4 members (excludes halogenated alkanes) is 6. The number of ether oxygens (including phenoxy) is 1. The van der Waals surface area contributed by atoms with Crippen LogP contribution in [0.25, 0.3) is 6.08 Å². The number of thioether (sulfide) groups is 1. The van der Waals surface area contributed by atoms with Crippen molar-refractivity contribution in [2.75, 3.05) is 6.54 Å². The van der Waals surface area contributed by atoms with Crippen LogP contribution in [0, 0.1) is 0 Å². The largest absolute Gasteiger partial charge is 0.481 e. The minimum Gasteiger partial charge on any atom is -0.481 e. The lowest BCUT2D eigenvalue weighted by Crippen LogP contribution is -2.29. The van der Waals surface area contributed by atoms with Gasteiger partial charge in [-0.1, -0.05) is 81.2 Å². The molecule has 9 heteroatoms. The van der Waals surface area contributed by atoms with Crippen molar-refractivity contribution in [2.45, 2.75) is 70.8 Å². The third-order valence-electron chi connectivity index (χ3n) is 5.27. The van der Waals surface area contributed by atoms with E-state index in [1.807, 2.05) is 6.07 Å². The van der Waals surface area contributed by atoms with Gasteiger partial charge in [-0.2, -0.15) is 0 Å². The number of thiocarbonyl (C=S) groups is 1. The molecule has 2 N–H and O–H groups in total. The summed E-state index contributed by atoms with van der Waals surface area (Å²) >= 11 is 6.65. The second-order valence-electron chi connectivity index (χ2n) is 7.84. The molecule has 0 radical (unpaired) electrons. The number of hydrogen-bond donors (Lipinski definition) is 2. The summed E-state index contributed by atoms with van der Waals surface area (Å²) in [6, 6.07) is 7.05. The van der Waals surface area contributed by atoms with Crippen LogP contribution in [0.2, 0.25) is 0 Å². The predicted octanol–water partition coefficient (Wildman–Crippen LogP) is 5.34. The minimum absolute atomic E-state index is 0.140. The summed E-state index contributed by atoms with van der Waals surface area (Å²) in [5.74, 6) is -1.49. The third-order valence-corrected chi connectivity index (χ3v) is 6.64. The number of carboxylic acid groups (broad SMARTS) is 2. The molecule has 1 aromatic carbocycles. The quantitative estimate of drug-likeness (QED) is 0.192. The Hall–Kier alpha value is -2.39. The van der Waals surface area contributed by atoms with Crippen molar-refractivity contribution >= 4 is 52.2 Å². The van der Waals surface area contributed by atoms with Crippen LogP contribution in [0.3, 0.4) is 0 Å². The first-order valence-corrected chi connectivity index (χ1v) is 12.5. The molecule has 1 aliphatic heterocycles. The number of nitrogens with zero attached hydrogens (tertiary/aromatic N) is 1. The SMILES string of the molecule is CCC(Oc1ccccc1/C=C1\SC(=S)N(CCCCCCCCCC(=O)O)C1=O)C(=O)O. The number of hydrogen-bond acceptors (Lipinski definition) is 6. The van der Waals surface area contributed by atoms with Crippen LogP contribution >= 0.6 is 24.0 Å². The monoisotopic (exact) mass is 493 g/mol. The molecule has 0 bridgehead atoms. The molecule has 7 nitrogen and oxygen atoms in total. The van der Waals surface area contributed by atoms with Gasteiger partial charge in [0.05, 0.1) is 4.91 Å². The predicted molar refractivity (Wildman–Crippen MR) is 133 cm³/mol. The van der Waals surface area contributed by atoms with E-state index in [0.717, 1.165) is 44.9 Å². The minimum atomic E-state index is -1.03. The summed E-state index contributed by atoms with van der Waals surface area (Å²) in [7, 11) is 0. The van der Waals surface area contributed by atoms with E-state index in [1.165, 1.54) is 11.8 Å². The molecule has 180 valence electrons. The number of aliphatic carboxylic acids is 2. The van der Waals surface area contributed by atoms with Gasteiger partial charge in [-0.15, -0.1) is 0 Å². The number of para-hydroxylation sites is 1. The molecule has 0 spiro atoms. The summed E-state index contributed by atoms with van der Waals surface area (Å²) < 4.78 is 6.18. The number of benzene rings is 1. The smallest absolute Gasteiger partial charge is 0.344 e. The zero-order valence-electron chi connectivity index (χ0n) is 18.8. The fourth-order valence-electron chi connectivity index (χ4n) is 3.43. The molecule has 1 fully saturated rings. The van der Waals surface area contributed by atoms with Crippen molar-refractivity contribution in [2.24, 2.45) is 0 Å². The molecule has 0 aromatic heterocycles. The van der Waals surface area contributed by atoms with Gasteiger partial charge in [0.1, 0.15) is 10.1 Å². The molecular weight excluding hydrogens is 462 g/mol. The van der Waals surface area contributed by atoms with E-state index in [-0.39, 0.29) is 12.3 Å². The lowest BCUT2D eigenvalue weighted by Gasteiger charge is -2.15. The molecule has 1 heterocycles. The maximum absolute atomic E-state index is 12.9. The van der Waals surface area contributed by atoms with Crippen molar-refractivity contribution in [3.05, 3.63) is 34.7 Å². The normalized spacial score (nSPS) is 15.8. The Morgan fingerprint density at radius 2 is 1.73 bits per heavy atom. The Balaban J connectivity index is 1.86. The van der Waals surface area contributed by atoms with E-state index >= 15 is 0 Å². The zero-order chi connectivity index (χ0) is 24.2. The zero-order valence-corrected chi connectivity index (χ0v) is 20.5. The molecule has 1 atom stereocenters. The average molecular weight is 494 g/mol. The first-order chi connectivity index (χ1) is 15.8. The van der Waals surface area contributed by atoms with Crippen LogP contribution in [0.5, 0.6) is 5.75 Å². The molecule has 1 aliphatic rings. The number of rotatable bonds is 15. The number of amides is 1. The summed E-state index contributed by atoms with van der Waals surface area (Å²) in [5, 5.41) is 17.9. The van der Waals surface area contributed by atoms with Gasteiger partial charge in [0.15, 0.2) is 6.10 Å². The second-order valence-corrected chi connectivity index (χ2v) is 9.52. The first kappa shape index (κ1) is 26.9. The van der Waals surface area contributed by atoms with Crippen LogP contribution in [-0.2, 0) is 14.4 Å². The molecule has 2 rings (SSSR count). The summed E-state index contributed by atoms with van der Waals surface area (Å²) in [5.41, 5.74) is 0.639. The van der Waals surface area contributed by atoms with Gasteiger partial charge in [-0.3, -0.25) is 14.5 Å². The molecule has 33 heavy (non-hydrogen) atoms. The number of carboxylic acids is 2. The van der Waals surface area contributed by atoms with E-state index in [9.17, 15) is 19.5 Å². The van der Waals surface area contributed by atoms with Crippen LogP contribution in [-0.4, -0.2) is 49.9 Å². The van der Waals surface area contributed by atoms with E-state index in [1.54, 1.807) is 36.1 Å². The number of carbonyl (C=O) groups excluding carboxylic acids is 1. The Bertz CT molecular complexity index is 885. The van der Waals surface area contributed by atoms with Gasteiger partial charge in [-0.25, -0.2) is 4.79 Å². The van der Waals surface area contributed by atoms with Gasteiger partial charge in [0.2, 0.25) is 0 Å². The highest BCUT2D eigenvalue weighted by atomic mass is 32.2. The van der Waals surface area contributed by atoms with Gasteiger partial charge < -0.3 is 14.9 Å².